The molecule has 24 heavy (non-hydrogen) atoms. The lowest BCUT2D eigenvalue weighted by Gasteiger charge is -2.09. The molecule has 2 aromatic carbocycles. The minimum absolute atomic E-state index is 0.826. The zero-order valence-electron chi connectivity index (χ0n) is 15.0. The van der Waals surface area contributed by atoms with Crippen LogP contribution in [0.3, 0.4) is 0 Å². The molecular weight excluding hydrogens is 294 g/mol. The Kier molecular flexibility index (Phi) is 9.03. The van der Waals surface area contributed by atoms with E-state index in [1.807, 2.05) is 6.07 Å². The number of unbranched alkanes of at least 4 members (excludes halogenated alkanes) is 5. The van der Waals surface area contributed by atoms with E-state index in [1.165, 1.54) is 43.2 Å². The lowest BCUT2D eigenvalue weighted by Crippen LogP contribution is -2.12. The highest BCUT2D eigenvalue weighted by Gasteiger charge is 1.98. The largest absolute Gasteiger partial charge is 0.494 e. The van der Waals surface area contributed by atoms with Crippen molar-refractivity contribution in [1.29, 1.82) is 0 Å². The molecule has 0 spiro atoms. The van der Waals surface area contributed by atoms with E-state index in [1.54, 1.807) is 0 Å². The van der Waals surface area contributed by atoms with Crippen molar-refractivity contribution in [1.82, 2.24) is 5.32 Å². The van der Waals surface area contributed by atoms with E-state index < -0.39 is 0 Å². The summed E-state index contributed by atoms with van der Waals surface area (Å²) in [5.41, 5.74) is 2.58. The van der Waals surface area contributed by atoms with E-state index in [4.69, 9.17) is 4.74 Å². The van der Waals surface area contributed by atoms with Crippen molar-refractivity contribution < 1.29 is 4.74 Å². The summed E-state index contributed by atoms with van der Waals surface area (Å²) >= 11 is 0. The molecule has 1 N–H and O–H groups in total. The zero-order chi connectivity index (χ0) is 16.9. The van der Waals surface area contributed by atoms with Crippen LogP contribution in [0.4, 0.5) is 0 Å². The van der Waals surface area contributed by atoms with E-state index in [-0.39, 0.29) is 0 Å². The van der Waals surface area contributed by atoms with Crippen LogP contribution in [-0.2, 0) is 13.1 Å². The van der Waals surface area contributed by atoms with Gasteiger partial charge >= 0.3 is 0 Å². The summed E-state index contributed by atoms with van der Waals surface area (Å²) in [7, 11) is 0. The molecule has 0 aliphatic rings. The van der Waals surface area contributed by atoms with Gasteiger partial charge in [0.05, 0.1) is 6.61 Å². The molecule has 0 bridgehead atoms. The van der Waals surface area contributed by atoms with Crippen LogP contribution in [0.5, 0.6) is 5.75 Å². The van der Waals surface area contributed by atoms with E-state index in [2.05, 4.69) is 60.8 Å². The first-order valence-corrected chi connectivity index (χ1v) is 9.35. The molecule has 0 saturated heterocycles. The fourth-order valence-electron chi connectivity index (χ4n) is 2.76. The van der Waals surface area contributed by atoms with Gasteiger partial charge in [-0.15, -0.1) is 0 Å². The maximum absolute atomic E-state index is 5.89. The van der Waals surface area contributed by atoms with Gasteiger partial charge < -0.3 is 10.1 Å². The first kappa shape index (κ1) is 18.5. The average Bonchev–Trinajstić information content (AvgIpc) is 2.62. The Morgan fingerprint density at radius 3 is 2.29 bits per heavy atom. The zero-order valence-corrected chi connectivity index (χ0v) is 15.0. The van der Waals surface area contributed by atoms with Crippen LogP contribution in [0.25, 0.3) is 0 Å². The topological polar surface area (TPSA) is 21.3 Å². The first-order valence-electron chi connectivity index (χ1n) is 9.35. The Bertz CT molecular complexity index is 553. The Labute approximate surface area is 147 Å². The lowest BCUT2D eigenvalue weighted by atomic mass is 10.1. The Morgan fingerprint density at radius 1 is 0.750 bits per heavy atom. The molecule has 2 aromatic rings. The highest BCUT2D eigenvalue weighted by molar-refractivity contribution is 5.28. The predicted molar refractivity (Wildman–Crippen MR) is 102 cm³/mol. The second-order valence-electron chi connectivity index (χ2n) is 6.35. The summed E-state index contributed by atoms with van der Waals surface area (Å²) in [4.78, 5) is 0. The van der Waals surface area contributed by atoms with Crippen molar-refractivity contribution in [2.24, 2.45) is 0 Å². The van der Waals surface area contributed by atoms with E-state index in [0.29, 0.717) is 0 Å². The average molecular weight is 325 g/mol. The van der Waals surface area contributed by atoms with Crippen molar-refractivity contribution in [3.05, 3.63) is 65.7 Å². The summed E-state index contributed by atoms with van der Waals surface area (Å²) in [6.07, 6.45) is 7.79. The van der Waals surface area contributed by atoms with Gasteiger partial charge in [-0.05, 0) is 29.7 Å². The van der Waals surface area contributed by atoms with Crippen LogP contribution in [0.1, 0.15) is 56.6 Å². The minimum atomic E-state index is 0.826. The second kappa shape index (κ2) is 11.7. The molecule has 0 saturated carbocycles. The molecule has 0 radical (unpaired) electrons. The van der Waals surface area contributed by atoms with Gasteiger partial charge in [0.25, 0.3) is 0 Å². The van der Waals surface area contributed by atoms with Gasteiger partial charge in [0.1, 0.15) is 5.75 Å². The number of nitrogens with one attached hydrogen (secondary N) is 1. The minimum Gasteiger partial charge on any atom is -0.494 e. The molecule has 0 unspecified atom stereocenters. The normalized spacial score (nSPS) is 10.7. The molecular formula is C22H31NO. The molecule has 0 fully saturated rings. The molecule has 2 heteroatoms. The van der Waals surface area contributed by atoms with Crippen molar-refractivity contribution in [3.63, 3.8) is 0 Å². The van der Waals surface area contributed by atoms with Crippen LogP contribution in [0, 0.1) is 0 Å². The van der Waals surface area contributed by atoms with Crippen LogP contribution in [0.15, 0.2) is 54.6 Å². The highest BCUT2D eigenvalue weighted by Crippen LogP contribution is 2.14. The quantitative estimate of drug-likeness (QED) is 0.504. The Balaban J connectivity index is 1.64. The first-order chi connectivity index (χ1) is 11.9. The lowest BCUT2D eigenvalue weighted by molar-refractivity contribution is 0.304. The molecule has 2 nitrogen and oxygen atoms in total. The monoisotopic (exact) mass is 325 g/mol. The van der Waals surface area contributed by atoms with Crippen LogP contribution < -0.4 is 10.1 Å². The third-order valence-corrected chi connectivity index (χ3v) is 4.17. The fraction of sp³-hybridized carbons (Fsp3) is 0.455. The second-order valence-corrected chi connectivity index (χ2v) is 6.35. The van der Waals surface area contributed by atoms with Gasteiger partial charge in [-0.3, -0.25) is 0 Å². The van der Waals surface area contributed by atoms with Gasteiger partial charge in [0, 0.05) is 13.1 Å². The van der Waals surface area contributed by atoms with Gasteiger partial charge in [-0.1, -0.05) is 81.5 Å². The third kappa shape index (κ3) is 7.65. The molecule has 0 aliphatic carbocycles. The Hall–Kier alpha value is -1.80. The van der Waals surface area contributed by atoms with Crippen LogP contribution >= 0.6 is 0 Å². The molecule has 0 amide bonds. The van der Waals surface area contributed by atoms with Gasteiger partial charge in [0.2, 0.25) is 0 Å². The smallest absolute Gasteiger partial charge is 0.119 e. The molecule has 130 valence electrons. The summed E-state index contributed by atoms with van der Waals surface area (Å²) in [6.45, 7) is 4.84. The molecule has 2 rings (SSSR count). The van der Waals surface area contributed by atoms with Crippen LogP contribution in [0.2, 0.25) is 0 Å². The summed E-state index contributed by atoms with van der Waals surface area (Å²) in [5.74, 6) is 0.988. The number of rotatable bonds is 12. The van der Waals surface area contributed by atoms with Gasteiger partial charge in [0.15, 0.2) is 0 Å². The van der Waals surface area contributed by atoms with E-state index in [0.717, 1.165) is 31.9 Å². The molecule has 0 heterocycles. The van der Waals surface area contributed by atoms with E-state index in [9.17, 15) is 0 Å². The third-order valence-electron chi connectivity index (χ3n) is 4.17. The summed E-state index contributed by atoms with van der Waals surface area (Å²) in [6, 6.07) is 18.9. The standard InChI is InChI=1S/C22H31NO/c1-2-3-4-5-6-10-16-24-22-15-11-14-21(17-22)19-23-18-20-12-8-7-9-13-20/h7-9,11-15,17,23H,2-6,10,16,18-19H2,1H3. The maximum atomic E-state index is 5.89. The SMILES string of the molecule is CCCCCCCCOc1cccc(CNCc2ccccc2)c1. The van der Waals surface area contributed by atoms with Crippen LogP contribution in [-0.4, -0.2) is 6.61 Å². The summed E-state index contributed by atoms with van der Waals surface area (Å²) in [5, 5.41) is 3.49. The molecule has 0 atom stereocenters. The Morgan fingerprint density at radius 2 is 1.46 bits per heavy atom. The number of benzene rings is 2. The number of ether oxygens (including phenoxy) is 1. The molecule has 0 aromatic heterocycles. The highest BCUT2D eigenvalue weighted by atomic mass is 16.5. The maximum Gasteiger partial charge on any atom is 0.119 e. The number of hydrogen-bond acceptors (Lipinski definition) is 2. The van der Waals surface area contributed by atoms with Gasteiger partial charge in [-0.2, -0.15) is 0 Å². The van der Waals surface area contributed by atoms with Crippen molar-refractivity contribution >= 4 is 0 Å². The predicted octanol–water partition coefficient (Wildman–Crippen LogP) is 5.72. The van der Waals surface area contributed by atoms with Crippen molar-refractivity contribution in [2.75, 3.05) is 6.61 Å². The van der Waals surface area contributed by atoms with Gasteiger partial charge in [-0.25, -0.2) is 0 Å². The number of hydrogen-bond donors (Lipinski definition) is 1. The van der Waals surface area contributed by atoms with Crippen molar-refractivity contribution in [2.45, 2.75) is 58.5 Å². The fourth-order valence-corrected chi connectivity index (χ4v) is 2.76. The molecule has 0 aliphatic heterocycles. The van der Waals surface area contributed by atoms with E-state index >= 15 is 0 Å². The van der Waals surface area contributed by atoms with Crippen molar-refractivity contribution in [3.8, 4) is 5.75 Å². The summed E-state index contributed by atoms with van der Waals surface area (Å²) < 4.78 is 5.89.